The number of benzene rings is 2. The van der Waals surface area contributed by atoms with Gasteiger partial charge in [-0.25, -0.2) is 4.79 Å². The fourth-order valence-corrected chi connectivity index (χ4v) is 3.38. The van der Waals surface area contributed by atoms with Crippen LogP contribution < -0.4 is 9.80 Å². The summed E-state index contributed by atoms with van der Waals surface area (Å²) in [6.07, 6.45) is 0.974. The van der Waals surface area contributed by atoms with E-state index in [1.54, 1.807) is 18.2 Å². The van der Waals surface area contributed by atoms with E-state index in [4.69, 9.17) is 0 Å². The number of guanidine groups is 1. The molecule has 0 spiro atoms. The van der Waals surface area contributed by atoms with Crippen molar-refractivity contribution in [3.05, 3.63) is 59.7 Å². The molecule has 0 saturated carbocycles. The summed E-state index contributed by atoms with van der Waals surface area (Å²) in [5, 5.41) is 9.32. The highest BCUT2D eigenvalue weighted by molar-refractivity contribution is 8.93. The molecule has 0 radical (unpaired) electrons. The number of carbonyl (C=O) groups is 2. The van der Waals surface area contributed by atoms with Crippen molar-refractivity contribution < 1.29 is 14.7 Å². The van der Waals surface area contributed by atoms with Crippen LogP contribution in [0.3, 0.4) is 0 Å². The lowest BCUT2D eigenvalue weighted by Crippen LogP contribution is -2.44. The summed E-state index contributed by atoms with van der Waals surface area (Å²) < 4.78 is 0. The number of nitrogens with zero attached hydrogens (tertiary/aromatic N) is 3. The number of hydrogen-bond donors (Lipinski definition) is 1. The summed E-state index contributed by atoms with van der Waals surface area (Å²) in [5.41, 5.74) is 2.23. The first-order chi connectivity index (χ1) is 12.2. The Kier molecular flexibility index (Phi) is 5.08. The van der Waals surface area contributed by atoms with Crippen molar-refractivity contribution in [3.63, 3.8) is 0 Å². The zero-order chi connectivity index (χ0) is 17.4. The van der Waals surface area contributed by atoms with Gasteiger partial charge in [0.25, 0.3) is 0 Å². The second-order valence-corrected chi connectivity index (χ2v) is 6.04. The number of anilines is 2. The van der Waals surface area contributed by atoms with Crippen LogP contribution in [0.5, 0.6) is 0 Å². The van der Waals surface area contributed by atoms with Gasteiger partial charge >= 0.3 is 5.97 Å². The lowest BCUT2D eigenvalue weighted by Gasteiger charge is -2.26. The second-order valence-electron chi connectivity index (χ2n) is 6.04. The van der Waals surface area contributed by atoms with Gasteiger partial charge in [0, 0.05) is 18.7 Å². The van der Waals surface area contributed by atoms with Crippen LogP contribution in [-0.2, 0) is 0 Å². The lowest BCUT2D eigenvalue weighted by molar-refractivity contribution is 0.0692. The number of carbonyl (C=O) groups excluding carboxylic acids is 1. The van der Waals surface area contributed by atoms with Gasteiger partial charge in [-0.3, -0.25) is 9.79 Å². The van der Waals surface area contributed by atoms with E-state index < -0.39 is 5.97 Å². The zero-order valence-corrected chi connectivity index (χ0v) is 15.7. The van der Waals surface area contributed by atoms with Crippen LogP contribution in [0.4, 0.5) is 11.4 Å². The molecule has 2 aromatic rings. The van der Waals surface area contributed by atoms with Crippen LogP contribution in [0.1, 0.15) is 27.1 Å². The number of fused-ring (bicyclic) bond motifs is 3. The molecule has 2 aliphatic rings. The molecule has 7 heteroatoms. The van der Waals surface area contributed by atoms with Crippen molar-refractivity contribution in [3.8, 4) is 0 Å². The van der Waals surface area contributed by atoms with Gasteiger partial charge in [0.1, 0.15) is 0 Å². The Balaban J connectivity index is 0.00000196. The van der Waals surface area contributed by atoms with Crippen molar-refractivity contribution in [2.24, 2.45) is 4.99 Å². The first-order valence-electron chi connectivity index (χ1n) is 8.21. The molecular formula is C19H18BrN3O3. The molecule has 0 unspecified atom stereocenters. The van der Waals surface area contributed by atoms with Crippen LogP contribution in [0, 0.1) is 0 Å². The summed E-state index contributed by atoms with van der Waals surface area (Å²) in [7, 11) is 0. The standard InChI is InChI=1S/C19H17N3O3.BrH/c23-17(13-6-1-2-7-14(13)18(24)25)12-22-16-9-4-3-8-15(16)21-11-5-10-20-19(21)22;/h1-4,6-9H,5,10-12H2,(H,24,25);1H. The molecule has 0 saturated heterocycles. The fourth-order valence-electron chi connectivity index (χ4n) is 3.38. The fraction of sp³-hybridized carbons (Fsp3) is 0.211. The number of carboxylic acids is 1. The number of para-hydroxylation sites is 2. The summed E-state index contributed by atoms with van der Waals surface area (Å²) >= 11 is 0. The maximum Gasteiger partial charge on any atom is 0.336 e. The highest BCUT2D eigenvalue weighted by atomic mass is 79.9. The molecule has 0 bridgehead atoms. The maximum atomic E-state index is 12.8. The second kappa shape index (κ2) is 7.29. The molecule has 2 aromatic carbocycles. The molecule has 0 aliphatic carbocycles. The van der Waals surface area contributed by atoms with E-state index in [1.165, 1.54) is 6.07 Å². The van der Waals surface area contributed by atoms with E-state index in [0.29, 0.717) is 0 Å². The number of hydrogen-bond acceptors (Lipinski definition) is 5. The van der Waals surface area contributed by atoms with Crippen molar-refractivity contribution in [2.75, 3.05) is 29.4 Å². The Labute approximate surface area is 161 Å². The number of Topliss-reactive ketones (excluding diaryl/α,β-unsaturated/α-hetero) is 1. The minimum Gasteiger partial charge on any atom is -0.478 e. The molecule has 134 valence electrons. The highest BCUT2D eigenvalue weighted by Crippen LogP contribution is 2.38. The first-order valence-corrected chi connectivity index (χ1v) is 8.21. The Morgan fingerprint density at radius 1 is 1.00 bits per heavy atom. The van der Waals surface area contributed by atoms with E-state index in [2.05, 4.69) is 9.89 Å². The molecule has 26 heavy (non-hydrogen) atoms. The number of rotatable bonds is 4. The molecule has 4 rings (SSSR count). The predicted molar refractivity (Wildman–Crippen MR) is 106 cm³/mol. The summed E-state index contributed by atoms with van der Waals surface area (Å²) in [5.74, 6) is -0.557. The number of aliphatic imine (C=N–C) groups is 1. The molecule has 0 fully saturated rings. The molecular weight excluding hydrogens is 398 g/mol. The molecule has 1 N–H and O–H groups in total. The van der Waals surface area contributed by atoms with Crippen molar-refractivity contribution in [1.29, 1.82) is 0 Å². The molecule has 0 amide bonds. The van der Waals surface area contributed by atoms with Crippen LogP contribution in [0.15, 0.2) is 53.5 Å². The van der Waals surface area contributed by atoms with E-state index in [1.807, 2.05) is 29.2 Å². The van der Waals surface area contributed by atoms with Gasteiger partial charge in [0.05, 0.1) is 23.5 Å². The van der Waals surface area contributed by atoms with Crippen molar-refractivity contribution >= 4 is 46.1 Å². The van der Waals surface area contributed by atoms with E-state index in [-0.39, 0.29) is 40.4 Å². The average Bonchev–Trinajstić information content (AvgIpc) is 2.96. The summed E-state index contributed by atoms with van der Waals surface area (Å²) in [4.78, 5) is 32.8. The van der Waals surface area contributed by atoms with Crippen LogP contribution in [-0.4, -0.2) is 42.5 Å². The van der Waals surface area contributed by atoms with Gasteiger partial charge in [0.15, 0.2) is 5.78 Å². The third-order valence-electron chi connectivity index (χ3n) is 4.50. The van der Waals surface area contributed by atoms with Crippen molar-refractivity contribution in [2.45, 2.75) is 6.42 Å². The molecule has 6 nitrogen and oxygen atoms in total. The van der Waals surface area contributed by atoms with Crippen LogP contribution in [0.2, 0.25) is 0 Å². The number of carboxylic acid groups (broad SMARTS) is 1. The molecule has 0 aromatic heterocycles. The maximum absolute atomic E-state index is 12.8. The average molecular weight is 416 g/mol. The van der Waals surface area contributed by atoms with Crippen LogP contribution in [0.25, 0.3) is 0 Å². The summed E-state index contributed by atoms with van der Waals surface area (Å²) in [6.45, 7) is 1.67. The van der Waals surface area contributed by atoms with Gasteiger partial charge in [-0.05, 0) is 24.6 Å². The van der Waals surface area contributed by atoms with Gasteiger partial charge in [-0.1, -0.05) is 30.3 Å². The predicted octanol–water partition coefficient (Wildman–Crippen LogP) is 3.23. The van der Waals surface area contributed by atoms with Gasteiger partial charge in [-0.15, -0.1) is 17.0 Å². The smallest absolute Gasteiger partial charge is 0.336 e. The minimum atomic E-state index is -1.09. The zero-order valence-electron chi connectivity index (χ0n) is 14.0. The molecule has 0 atom stereocenters. The van der Waals surface area contributed by atoms with E-state index in [9.17, 15) is 14.7 Å². The first kappa shape index (κ1) is 18.1. The number of aromatic carboxylic acids is 1. The van der Waals surface area contributed by atoms with E-state index >= 15 is 0 Å². The van der Waals surface area contributed by atoms with Crippen molar-refractivity contribution in [1.82, 2.24) is 0 Å². The molecule has 2 aliphatic heterocycles. The van der Waals surface area contributed by atoms with Gasteiger partial charge in [-0.2, -0.15) is 0 Å². The van der Waals surface area contributed by atoms with Crippen LogP contribution >= 0.6 is 17.0 Å². The van der Waals surface area contributed by atoms with Gasteiger partial charge in [0.2, 0.25) is 5.96 Å². The number of ketones is 1. The molecule has 2 heterocycles. The third-order valence-corrected chi connectivity index (χ3v) is 4.50. The van der Waals surface area contributed by atoms with E-state index in [0.717, 1.165) is 36.8 Å². The SMILES string of the molecule is Br.O=C(O)c1ccccc1C(=O)CN1C2=NCCCN2c2ccccc21. The highest BCUT2D eigenvalue weighted by Gasteiger charge is 2.35. The topological polar surface area (TPSA) is 73.2 Å². The Morgan fingerprint density at radius 3 is 2.38 bits per heavy atom. The number of halogens is 1. The minimum absolute atomic E-state index is 0. The normalized spacial score (nSPS) is 14.8. The quantitative estimate of drug-likeness (QED) is 0.775. The Bertz CT molecular complexity index is 897. The third kappa shape index (κ3) is 2.99. The Hall–Kier alpha value is -2.67. The lowest BCUT2D eigenvalue weighted by atomic mass is 10.0. The Morgan fingerprint density at radius 2 is 1.65 bits per heavy atom. The van der Waals surface area contributed by atoms with Gasteiger partial charge < -0.3 is 14.9 Å². The monoisotopic (exact) mass is 415 g/mol. The summed E-state index contributed by atoms with van der Waals surface area (Å²) in [6, 6.07) is 14.2. The largest absolute Gasteiger partial charge is 0.478 e.